The Labute approximate surface area is 102 Å². The molecule has 0 aromatic heterocycles. The number of hydrogen-bond acceptors (Lipinski definition) is 0. The standard InChI is InChI=1S/C15H15Cl/c1-12(13-8-4-2-5-9-13)15(16)14-10-6-3-7-11-14/h2-12,15H,1H3/t12-,15?/m1/s1. The van der Waals surface area contributed by atoms with Crippen molar-refractivity contribution in [2.24, 2.45) is 0 Å². The maximum Gasteiger partial charge on any atom is 0.0651 e. The van der Waals surface area contributed by atoms with E-state index in [2.05, 4.69) is 43.3 Å². The van der Waals surface area contributed by atoms with Crippen LogP contribution in [0.15, 0.2) is 60.7 Å². The minimum absolute atomic E-state index is 0.0311. The summed E-state index contributed by atoms with van der Waals surface area (Å²) in [5.41, 5.74) is 2.46. The molecule has 0 nitrogen and oxygen atoms in total. The predicted molar refractivity (Wildman–Crippen MR) is 69.9 cm³/mol. The van der Waals surface area contributed by atoms with Gasteiger partial charge in [0.1, 0.15) is 0 Å². The van der Waals surface area contributed by atoms with Gasteiger partial charge < -0.3 is 0 Å². The summed E-state index contributed by atoms with van der Waals surface area (Å²) in [7, 11) is 0. The van der Waals surface area contributed by atoms with E-state index in [-0.39, 0.29) is 5.38 Å². The second kappa shape index (κ2) is 5.18. The van der Waals surface area contributed by atoms with Crippen LogP contribution < -0.4 is 0 Å². The monoisotopic (exact) mass is 230 g/mol. The molecule has 0 aliphatic heterocycles. The minimum atomic E-state index is 0.0311. The van der Waals surface area contributed by atoms with Gasteiger partial charge in [0.25, 0.3) is 0 Å². The Morgan fingerprint density at radius 2 is 1.19 bits per heavy atom. The van der Waals surface area contributed by atoms with Gasteiger partial charge in [-0.25, -0.2) is 0 Å². The fourth-order valence-corrected chi connectivity index (χ4v) is 2.14. The zero-order valence-electron chi connectivity index (χ0n) is 9.31. The van der Waals surface area contributed by atoms with E-state index in [0.29, 0.717) is 5.92 Å². The van der Waals surface area contributed by atoms with Crippen LogP contribution in [0.1, 0.15) is 29.3 Å². The fourth-order valence-electron chi connectivity index (χ4n) is 1.85. The number of alkyl halides is 1. The molecule has 0 aliphatic carbocycles. The van der Waals surface area contributed by atoms with Crippen molar-refractivity contribution in [1.82, 2.24) is 0 Å². The summed E-state index contributed by atoms with van der Waals surface area (Å²) in [5, 5.41) is 0.0311. The summed E-state index contributed by atoms with van der Waals surface area (Å²) in [5.74, 6) is 0.324. The van der Waals surface area contributed by atoms with E-state index in [9.17, 15) is 0 Å². The van der Waals surface area contributed by atoms with Gasteiger partial charge in [0.05, 0.1) is 5.38 Å². The average molecular weight is 231 g/mol. The third-order valence-electron chi connectivity index (χ3n) is 2.88. The molecule has 2 aromatic rings. The Balaban J connectivity index is 2.20. The van der Waals surface area contributed by atoms with E-state index in [4.69, 9.17) is 11.6 Å². The molecule has 0 aliphatic rings. The summed E-state index contributed by atoms with van der Waals surface area (Å²) in [4.78, 5) is 0. The lowest BCUT2D eigenvalue weighted by atomic mass is 9.93. The molecule has 16 heavy (non-hydrogen) atoms. The zero-order chi connectivity index (χ0) is 11.4. The van der Waals surface area contributed by atoms with E-state index in [1.165, 1.54) is 11.1 Å². The lowest BCUT2D eigenvalue weighted by Crippen LogP contribution is -2.02. The average Bonchev–Trinajstić information content (AvgIpc) is 2.39. The van der Waals surface area contributed by atoms with Crippen molar-refractivity contribution in [2.75, 3.05) is 0 Å². The number of halogens is 1. The SMILES string of the molecule is C[C@H](c1ccccc1)C(Cl)c1ccccc1. The van der Waals surface area contributed by atoms with Crippen molar-refractivity contribution < 1.29 is 0 Å². The van der Waals surface area contributed by atoms with Crippen LogP contribution in [-0.4, -0.2) is 0 Å². The Morgan fingerprint density at radius 3 is 1.69 bits per heavy atom. The molecule has 0 N–H and O–H groups in total. The van der Waals surface area contributed by atoms with Crippen molar-refractivity contribution in [3.63, 3.8) is 0 Å². The molecular formula is C15H15Cl. The van der Waals surface area contributed by atoms with Gasteiger partial charge in [0.2, 0.25) is 0 Å². The first-order valence-corrected chi connectivity index (χ1v) is 5.96. The molecule has 0 radical (unpaired) electrons. The first kappa shape index (κ1) is 11.2. The second-order valence-electron chi connectivity index (χ2n) is 4.01. The van der Waals surface area contributed by atoms with E-state index in [1.54, 1.807) is 0 Å². The Hall–Kier alpha value is -1.27. The van der Waals surface area contributed by atoms with Crippen LogP contribution in [0, 0.1) is 0 Å². The highest BCUT2D eigenvalue weighted by molar-refractivity contribution is 6.21. The van der Waals surface area contributed by atoms with Crippen molar-refractivity contribution in [3.05, 3.63) is 71.8 Å². The quantitative estimate of drug-likeness (QED) is 0.667. The van der Waals surface area contributed by atoms with Gasteiger partial charge in [-0.15, -0.1) is 11.6 Å². The second-order valence-corrected chi connectivity index (χ2v) is 4.48. The summed E-state index contributed by atoms with van der Waals surface area (Å²) in [6.07, 6.45) is 0. The third-order valence-corrected chi connectivity index (χ3v) is 3.51. The highest BCUT2D eigenvalue weighted by Crippen LogP contribution is 2.35. The maximum absolute atomic E-state index is 6.49. The van der Waals surface area contributed by atoms with Gasteiger partial charge in [0.15, 0.2) is 0 Å². The number of rotatable bonds is 3. The van der Waals surface area contributed by atoms with Crippen molar-refractivity contribution >= 4 is 11.6 Å². The molecule has 2 aromatic carbocycles. The molecule has 0 saturated carbocycles. The molecule has 2 atom stereocenters. The summed E-state index contributed by atoms with van der Waals surface area (Å²) >= 11 is 6.49. The Kier molecular flexibility index (Phi) is 3.63. The van der Waals surface area contributed by atoms with Crippen LogP contribution in [0.25, 0.3) is 0 Å². The molecule has 0 fully saturated rings. The maximum atomic E-state index is 6.49. The van der Waals surface area contributed by atoms with Gasteiger partial charge in [-0.1, -0.05) is 67.6 Å². The van der Waals surface area contributed by atoms with Crippen molar-refractivity contribution in [3.8, 4) is 0 Å². The molecule has 0 bridgehead atoms. The van der Waals surface area contributed by atoms with Crippen molar-refractivity contribution in [2.45, 2.75) is 18.2 Å². The first-order chi connectivity index (χ1) is 7.79. The van der Waals surface area contributed by atoms with Crippen LogP contribution in [-0.2, 0) is 0 Å². The highest BCUT2D eigenvalue weighted by Gasteiger charge is 2.17. The fraction of sp³-hybridized carbons (Fsp3) is 0.200. The van der Waals surface area contributed by atoms with Gasteiger partial charge >= 0.3 is 0 Å². The molecule has 1 heteroatoms. The molecule has 0 amide bonds. The van der Waals surface area contributed by atoms with Crippen molar-refractivity contribution in [1.29, 1.82) is 0 Å². The first-order valence-electron chi connectivity index (χ1n) is 5.53. The van der Waals surface area contributed by atoms with Gasteiger partial charge in [-0.05, 0) is 11.1 Å². The Bertz CT molecular complexity index is 378. The molecular weight excluding hydrogens is 216 g/mol. The van der Waals surface area contributed by atoms with Crippen LogP contribution in [0.3, 0.4) is 0 Å². The molecule has 0 saturated heterocycles. The van der Waals surface area contributed by atoms with Gasteiger partial charge in [0, 0.05) is 5.92 Å². The van der Waals surface area contributed by atoms with E-state index < -0.39 is 0 Å². The smallest absolute Gasteiger partial charge is 0.0651 e. The summed E-state index contributed by atoms with van der Waals surface area (Å²) in [6.45, 7) is 2.17. The van der Waals surface area contributed by atoms with Crippen LogP contribution >= 0.6 is 11.6 Å². The molecule has 82 valence electrons. The summed E-state index contributed by atoms with van der Waals surface area (Å²) in [6, 6.07) is 20.6. The van der Waals surface area contributed by atoms with Gasteiger partial charge in [-0.3, -0.25) is 0 Å². The number of hydrogen-bond donors (Lipinski definition) is 0. The Morgan fingerprint density at radius 1 is 0.750 bits per heavy atom. The molecule has 0 spiro atoms. The normalized spacial score (nSPS) is 14.4. The molecule has 0 heterocycles. The largest absolute Gasteiger partial charge is 0.117 e. The molecule has 1 unspecified atom stereocenters. The lowest BCUT2D eigenvalue weighted by Gasteiger charge is -2.18. The van der Waals surface area contributed by atoms with E-state index in [0.717, 1.165) is 0 Å². The van der Waals surface area contributed by atoms with E-state index in [1.807, 2.05) is 24.3 Å². The predicted octanol–water partition coefficient (Wildman–Crippen LogP) is 4.77. The number of benzene rings is 2. The lowest BCUT2D eigenvalue weighted by molar-refractivity contribution is 0.732. The van der Waals surface area contributed by atoms with E-state index >= 15 is 0 Å². The van der Waals surface area contributed by atoms with Crippen LogP contribution in [0.4, 0.5) is 0 Å². The van der Waals surface area contributed by atoms with Crippen LogP contribution in [0.2, 0.25) is 0 Å². The minimum Gasteiger partial charge on any atom is -0.117 e. The summed E-state index contributed by atoms with van der Waals surface area (Å²) < 4.78 is 0. The van der Waals surface area contributed by atoms with Gasteiger partial charge in [-0.2, -0.15) is 0 Å². The topological polar surface area (TPSA) is 0 Å². The highest BCUT2D eigenvalue weighted by atomic mass is 35.5. The van der Waals surface area contributed by atoms with Crippen LogP contribution in [0.5, 0.6) is 0 Å². The third kappa shape index (κ3) is 2.45. The molecule has 2 rings (SSSR count). The zero-order valence-corrected chi connectivity index (χ0v) is 10.1.